The van der Waals surface area contributed by atoms with Crippen LogP contribution in [0.4, 0.5) is 5.82 Å². The smallest absolute Gasteiger partial charge is 0.130 e. The average molecular weight is 241 g/mol. The molecule has 0 saturated heterocycles. The molecule has 0 saturated carbocycles. The molecule has 2 aromatic rings. The van der Waals surface area contributed by atoms with Crippen molar-refractivity contribution in [3.63, 3.8) is 0 Å². The Morgan fingerprint density at radius 2 is 1.61 bits per heavy atom. The number of hydrogen-bond donors (Lipinski definition) is 1. The van der Waals surface area contributed by atoms with Crippen LogP contribution < -0.4 is 5.73 Å². The van der Waals surface area contributed by atoms with Crippen LogP contribution in [-0.4, -0.2) is 9.97 Å². The second kappa shape index (κ2) is 4.77. The second-order valence-corrected chi connectivity index (χ2v) is 4.91. The quantitative estimate of drug-likeness (QED) is 0.876. The van der Waals surface area contributed by atoms with Crippen molar-refractivity contribution < 1.29 is 0 Å². The highest BCUT2D eigenvalue weighted by Gasteiger charge is 2.09. The van der Waals surface area contributed by atoms with Crippen molar-refractivity contribution in [2.24, 2.45) is 0 Å². The first-order chi connectivity index (χ1) is 8.49. The van der Waals surface area contributed by atoms with Crippen molar-refractivity contribution in [2.45, 2.75) is 33.6 Å². The van der Waals surface area contributed by atoms with Gasteiger partial charge >= 0.3 is 0 Å². The Kier molecular flexibility index (Phi) is 3.32. The Balaban J connectivity index is 2.49. The lowest BCUT2D eigenvalue weighted by Gasteiger charge is -2.10. The summed E-state index contributed by atoms with van der Waals surface area (Å²) in [6.07, 6.45) is 0. The second-order valence-electron chi connectivity index (χ2n) is 4.91. The molecule has 2 N–H and O–H groups in total. The van der Waals surface area contributed by atoms with Gasteiger partial charge in [0.15, 0.2) is 0 Å². The zero-order valence-corrected chi connectivity index (χ0v) is 11.4. The van der Waals surface area contributed by atoms with E-state index in [0.29, 0.717) is 17.6 Å². The number of nitrogens with two attached hydrogens (primary N) is 1. The number of nitrogen functional groups attached to an aromatic ring is 1. The summed E-state index contributed by atoms with van der Waals surface area (Å²) in [5, 5.41) is 0. The molecule has 0 unspecified atom stereocenters. The van der Waals surface area contributed by atoms with E-state index in [2.05, 4.69) is 48.1 Å². The Bertz CT molecular complexity index is 557. The first kappa shape index (κ1) is 12.6. The van der Waals surface area contributed by atoms with Gasteiger partial charge in [-0.3, -0.25) is 0 Å². The summed E-state index contributed by atoms with van der Waals surface area (Å²) in [5.41, 5.74) is 10.2. The van der Waals surface area contributed by atoms with Gasteiger partial charge in [-0.05, 0) is 25.3 Å². The normalized spacial score (nSPS) is 10.9. The number of nitrogens with zero attached hydrogens (tertiary/aromatic N) is 2. The predicted molar refractivity (Wildman–Crippen MR) is 75.4 cm³/mol. The molecule has 1 aromatic carbocycles. The summed E-state index contributed by atoms with van der Waals surface area (Å²) in [7, 11) is 0. The predicted octanol–water partition coefficient (Wildman–Crippen LogP) is 3.47. The largest absolute Gasteiger partial charge is 0.383 e. The molecular weight excluding hydrogens is 222 g/mol. The highest BCUT2D eigenvalue weighted by molar-refractivity contribution is 5.67. The SMILES string of the molecule is Cc1nc(N)c(C)c(-c2ccc(C(C)C)cc2)n1. The molecule has 0 amide bonds. The van der Waals surface area contributed by atoms with Gasteiger partial charge in [0.1, 0.15) is 11.6 Å². The minimum Gasteiger partial charge on any atom is -0.383 e. The van der Waals surface area contributed by atoms with Crippen molar-refractivity contribution in [3.05, 3.63) is 41.2 Å². The molecule has 0 aliphatic carbocycles. The Morgan fingerprint density at radius 3 is 2.17 bits per heavy atom. The van der Waals surface area contributed by atoms with Crippen molar-refractivity contribution in [3.8, 4) is 11.3 Å². The van der Waals surface area contributed by atoms with Gasteiger partial charge in [-0.1, -0.05) is 38.1 Å². The van der Waals surface area contributed by atoms with Crippen LogP contribution in [0, 0.1) is 13.8 Å². The summed E-state index contributed by atoms with van der Waals surface area (Å²) in [4.78, 5) is 8.66. The van der Waals surface area contributed by atoms with Gasteiger partial charge in [0.05, 0.1) is 5.69 Å². The maximum absolute atomic E-state index is 5.89. The van der Waals surface area contributed by atoms with Crippen LogP contribution in [0.1, 0.15) is 36.7 Å². The molecule has 1 heterocycles. The molecule has 0 aliphatic rings. The molecule has 3 nitrogen and oxygen atoms in total. The monoisotopic (exact) mass is 241 g/mol. The molecule has 1 aromatic heterocycles. The summed E-state index contributed by atoms with van der Waals surface area (Å²) in [5.74, 6) is 1.81. The van der Waals surface area contributed by atoms with Gasteiger partial charge < -0.3 is 5.73 Å². The molecule has 0 fully saturated rings. The van der Waals surface area contributed by atoms with Gasteiger partial charge in [-0.2, -0.15) is 0 Å². The van der Waals surface area contributed by atoms with Crippen LogP contribution in [0.25, 0.3) is 11.3 Å². The molecule has 94 valence electrons. The first-order valence-corrected chi connectivity index (χ1v) is 6.20. The lowest BCUT2D eigenvalue weighted by molar-refractivity contribution is 0.867. The Hall–Kier alpha value is -1.90. The number of hydrogen-bond acceptors (Lipinski definition) is 3. The number of aryl methyl sites for hydroxylation is 1. The van der Waals surface area contributed by atoms with Crippen molar-refractivity contribution in [1.82, 2.24) is 9.97 Å². The topological polar surface area (TPSA) is 51.8 Å². The molecule has 2 rings (SSSR count). The van der Waals surface area contributed by atoms with Crippen LogP contribution in [0.15, 0.2) is 24.3 Å². The van der Waals surface area contributed by atoms with Crippen LogP contribution in [-0.2, 0) is 0 Å². The molecule has 3 heteroatoms. The number of anilines is 1. The molecule has 0 aliphatic heterocycles. The highest BCUT2D eigenvalue weighted by Crippen LogP contribution is 2.25. The fraction of sp³-hybridized carbons (Fsp3) is 0.333. The third-order valence-corrected chi connectivity index (χ3v) is 3.15. The van der Waals surface area contributed by atoms with Gasteiger partial charge in [0, 0.05) is 11.1 Å². The molecule has 0 atom stereocenters. The molecule has 0 bridgehead atoms. The van der Waals surface area contributed by atoms with Gasteiger partial charge in [-0.15, -0.1) is 0 Å². The Labute approximate surface area is 108 Å². The fourth-order valence-electron chi connectivity index (χ4n) is 1.96. The summed E-state index contributed by atoms with van der Waals surface area (Å²) >= 11 is 0. The molecule has 18 heavy (non-hydrogen) atoms. The summed E-state index contributed by atoms with van der Waals surface area (Å²) in [6, 6.07) is 8.49. The summed E-state index contributed by atoms with van der Waals surface area (Å²) < 4.78 is 0. The van der Waals surface area contributed by atoms with E-state index in [9.17, 15) is 0 Å². The van der Waals surface area contributed by atoms with E-state index in [4.69, 9.17) is 5.73 Å². The van der Waals surface area contributed by atoms with Gasteiger partial charge in [0.2, 0.25) is 0 Å². The van der Waals surface area contributed by atoms with Gasteiger partial charge in [-0.25, -0.2) is 9.97 Å². The maximum Gasteiger partial charge on any atom is 0.130 e. The van der Waals surface area contributed by atoms with Crippen LogP contribution in [0.5, 0.6) is 0 Å². The van der Waals surface area contributed by atoms with Crippen molar-refractivity contribution in [1.29, 1.82) is 0 Å². The maximum atomic E-state index is 5.89. The van der Waals surface area contributed by atoms with E-state index in [1.54, 1.807) is 0 Å². The standard InChI is InChI=1S/C15H19N3/c1-9(2)12-5-7-13(8-6-12)14-10(3)15(16)18-11(4)17-14/h5-9H,1-4H3,(H2,16,17,18). The summed E-state index contributed by atoms with van der Waals surface area (Å²) in [6.45, 7) is 8.20. The lowest BCUT2D eigenvalue weighted by atomic mass is 9.99. The van der Waals surface area contributed by atoms with E-state index >= 15 is 0 Å². The fourth-order valence-corrected chi connectivity index (χ4v) is 1.96. The third kappa shape index (κ3) is 2.35. The molecular formula is C15H19N3. The number of benzene rings is 1. The van der Waals surface area contributed by atoms with Crippen LogP contribution >= 0.6 is 0 Å². The van der Waals surface area contributed by atoms with Crippen LogP contribution in [0.3, 0.4) is 0 Å². The minimum absolute atomic E-state index is 0.539. The number of aromatic nitrogens is 2. The van der Waals surface area contributed by atoms with E-state index < -0.39 is 0 Å². The lowest BCUT2D eigenvalue weighted by Crippen LogP contribution is -2.02. The number of rotatable bonds is 2. The van der Waals surface area contributed by atoms with Gasteiger partial charge in [0.25, 0.3) is 0 Å². The van der Waals surface area contributed by atoms with E-state index in [1.807, 2.05) is 13.8 Å². The van der Waals surface area contributed by atoms with E-state index in [-0.39, 0.29) is 0 Å². The minimum atomic E-state index is 0.539. The zero-order chi connectivity index (χ0) is 13.3. The Morgan fingerprint density at radius 1 is 1.00 bits per heavy atom. The molecule has 0 radical (unpaired) electrons. The third-order valence-electron chi connectivity index (χ3n) is 3.15. The molecule has 0 spiro atoms. The van der Waals surface area contributed by atoms with E-state index in [0.717, 1.165) is 16.8 Å². The first-order valence-electron chi connectivity index (χ1n) is 6.20. The van der Waals surface area contributed by atoms with Crippen LogP contribution in [0.2, 0.25) is 0 Å². The van der Waals surface area contributed by atoms with Crippen molar-refractivity contribution >= 4 is 5.82 Å². The zero-order valence-electron chi connectivity index (χ0n) is 11.4. The van der Waals surface area contributed by atoms with Crippen molar-refractivity contribution in [2.75, 3.05) is 5.73 Å². The van der Waals surface area contributed by atoms with E-state index in [1.165, 1.54) is 5.56 Å². The highest BCUT2D eigenvalue weighted by atomic mass is 14.9. The average Bonchev–Trinajstić information content (AvgIpc) is 2.34.